The van der Waals surface area contributed by atoms with Crippen molar-refractivity contribution in [2.24, 2.45) is 16.5 Å². The number of nitrogens with two attached hydrogens (primary N) is 2. The molecule has 0 heterocycles. The lowest BCUT2D eigenvalue weighted by molar-refractivity contribution is -0.114. The second-order valence-corrected chi connectivity index (χ2v) is 4.07. The smallest absolute Gasteiger partial charge is 0.404 e. The average molecular weight is 237 g/mol. The number of primary amides is 1. The van der Waals surface area contributed by atoms with E-state index in [1.165, 1.54) is 20.8 Å². The van der Waals surface area contributed by atoms with Gasteiger partial charge < -0.3 is 11.5 Å². The first kappa shape index (κ1) is 14.5. The molecule has 0 fully saturated rings. The number of hydrogen-bond acceptors (Lipinski definition) is 3. The molecule has 0 saturated heterocycles. The normalized spacial score (nSPS) is 15.1. The number of aliphatic imine (C=N–C) groups is 1. The molecule has 92 valence electrons. The summed E-state index contributed by atoms with van der Waals surface area (Å²) in [6.45, 7) is 4.40. The Morgan fingerprint density at radius 3 is 1.88 bits per heavy atom. The molecule has 0 aliphatic rings. The fraction of sp³-hybridized carbons (Fsp3) is 0.556. The van der Waals surface area contributed by atoms with Crippen molar-refractivity contribution in [2.45, 2.75) is 32.5 Å². The zero-order valence-corrected chi connectivity index (χ0v) is 9.22. The van der Waals surface area contributed by atoms with Gasteiger partial charge in [-0.3, -0.25) is 9.79 Å². The number of hydrogen-bond donors (Lipinski definition) is 2. The minimum atomic E-state index is -4.77. The van der Waals surface area contributed by atoms with Crippen LogP contribution in [0.3, 0.4) is 0 Å². The van der Waals surface area contributed by atoms with Crippen LogP contribution in [-0.4, -0.2) is 23.3 Å². The number of nitrogens with zero attached hydrogens (tertiary/aromatic N) is 1. The molecule has 0 aromatic rings. The molecule has 0 unspecified atom stereocenters. The van der Waals surface area contributed by atoms with E-state index < -0.39 is 28.9 Å². The Bertz CT molecular complexity index is 337. The topological polar surface area (TPSA) is 81.5 Å². The number of alkyl halides is 3. The van der Waals surface area contributed by atoms with Gasteiger partial charge in [0.1, 0.15) is 0 Å². The van der Waals surface area contributed by atoms with E-state index in [1.54, 1.807) is 0 Å². The van der Waals surface area contributed by atoms with Crippen LogP contribution in [0.5, 0.6) is 0 Å². The monoisotopic (exact) mass is 237 g/mol. The van der Waals surface area contributed by atoms with Crippen LogP contribution in [-0.2, 0) is 4.79 Å². The lowest BCUT2D eigenvalue weighted by Crippen LogP contribution is -2.34. The number of carbonyl (C=O) groups excluding carboxylic acids is 1. The van der Waals surface area contributed by atoms with Crippen molar-refractivity contribution in [2.75, 3.05) is 0 Å². The van der Waals surface area contributed by atoms with Crippen molar-refractivity contribution >= 4 is 11.6 Å². The molecule has 0 aromatic carbocycles. The van der Waals surface area contributed by atoms with Gasteiger partial charge in [0.05, 0.1) is 11.1 Å². The molecule has 0 radical (unpaired) electrons. The maximum Gasteiger partial charge on any atom is 0.433 e. The Morgan fingerprint density at radius 2 is 1.69 bits per heavy atom. The van der Waals surface area contributed by atoms with E-state index in [0.29, 0.717) is 6.20 Å². The maximum absolute atomic E-state index is 12.6. The third-order valence-corrected chi connectivity index (χ3v) is 1.40. The van der Waals surface area contributed by atoms with Crippen LogP contribution >= 0.6 is 0 Å². The van der Waals surface area contributed by atoms with Crippen molar-refractivity contribution in [3.8, 4) is 0 Å². The molecule has 4 nitrogen and oxygen atoms in total. The van der Waals surface area contributed by atoms with Crippen molar-refractivity contribution < 1.29 is 18.0 Å². The lowest BCUT2D eigenvalue weighted by Gasteiger charge is -2.18. The van der Waals surface area contributed by atoms with Crippen molar-refractivity contribution in [3.05, 3.63) is 11.8 Å². The maximum atomic E-state index is 12.6. The number of carbonyl (C=O) groups is 1. The first-order valence-corrected chi connectivity index (χ1v) is 4.38. The fourth-order valence-corrected chi connectivity index (χ4v) is 0.889. The summed E-state index contributed by atoms with van der Waals surface area (Å²) in [4.78, 5) is 14.2. The molecule has 7 heteroatoms. The van der Waals surface area contributed by atoms with E-state index in [4.69, 9.17) is 11.5 Å². The third-order valence-electron chi connectivity index (χ3n) is 1.40. The minimum absolute atomic E-state index is 0.514. The van der Waals surface area contributed by atoms with Crippen molar-refractivity contribution in [1.82, 2.24) is 0 Å². The summed E-state index contributed by atoms with van der Waals surface area (Å²) < 4.78 is 37.8. The van der Waals surface area contributed by atoms with Gasteiger partial charge in [-0.15, -0.1) is 0 Å². The summed E-state index contributed by atoms with van der Waals surface area (Å²) in [7, 11) is 0. The van der Waals surface area contributed by atoms with Gasteiger partial charge in [-0.2, -0.15) is 13.2 Å². The van der Waals surface area contributed by atoms with E-state index in [0.717, 1.165) is 0 Å². The number of rotatable bonds is 2. The fourth-order valence-electron chi connectivity index (χ4n) is 0.889. The summed E-state index contributed by atoms with van der Waals surface area (Å²) in [5.74, 6) is -1.26. The molecule has 0 spiro atoms. The molecule has 0 aromatic heterocycles. The molecule has 0 aliphatic heterocycles. The molecule has 0 rings (SSSR count). The van der Waals surface area contributed by atoms with Gasteiger partial charge in [0.15, 0.2) is 5.71 Å². The van der Waals surface area contributed by atoms with Crippen LogP contribution in [0.4, 0.5) is 13.2 Å². The molecule has 0 saturated carbocycles. The van der Waals surface area contributed by atoms with Crippen LogP contribution in [0, 0.1) is 0 Å². The Hall–Kier alpha value is -1.53. The Balaban J connectivity index is 5.63. The summed E-state index contributed by atoms with van der Waals surface area (Å²) in [6.07, 6.45) is -4.26. The third kappa shape index (κ3) is 4.33. The zero-order chi connectivity index (χ0) is 13.1. The zero-order valence-electron chi connectivity index (χ0n) is 9.22. The molecule has 1 amide bonds. The predicted molar refractivity (Wildman–Crippen MR) is 54.7 cm³/mol. The van der Waals surface area contributed by atoms with Crippen molar-refractivity contribution in [1.29, 1.82) is 0 Å². The highest BCUT2D eigenvalue weighted by molar-refractivity contribution is 6.23. The predicted octanol–water partition coefficient (Wildman–Crippen LogP) is 1.12. The molecular formula is C9H14F3N3O. The number of amides is 1. The summed E-state index contributed by atoms with van der Waals surface area (Å²) >= 11 is 0. The van der Waals surface area contributed by atoms with E-state index in [9.17, 15) is 18.0 Å². The van der Waals surface area contributed by atoms with E-state index in [1.807, 2.05) is 0 Å². The lowest BCUT2D eigenvalue weighted by atomic mass is 10.1. The van der Waals surface area contributed by atoms with Gasteiger partial charge in [0, 0.05) is 6.20 Å². The van der Waals surface area contributed by atoms with E-state index in [2.05, 4.69) is 4.99 Å². The highest BCUT2D eigenvalue weighted by atomic mass is 19.4. The molecule has 0 bridgehead atoms. The first-order chi connectivity index (χ1) is 6.99. The van der Waals surface area contributed by atoms with E-state index >= 15 is 0 Å². The second-order valence-electron chi connectivity index (χ2n) is 4.07. The minimum Gasteiger partial charge on any atom is -0.404 e. The highest BCUT2D eigenvalue weighted by Crippen LogP contribution is 2.24. The molecule has 0 atom stereocenters. The molecule has 0 aliphatic carbocycles. The van der Waals surface area contributed by atoms with Gasteiger partial charge in [-0.1, -0.05) is 0 Å². The van der Waals surface area contributed by atoms with Gasteiger partial charge in [0.2, 0.25) is 0 Å². The largest absolute Gasteiger partial charge is 0.433 e. The van der Waals surface area contributed by atoms with Crippen LogP contribution in [0.2, 0.25) is 0 Å². The van der Waals surface area contributed by atoms with Crippen molar-refractivity contribution in [3.63, 3.8) is 0 Å². The Labute approximate surface area is 91.2 Å². The summed E-state index contributed by atoms with van der Waals surface area (Å²) in [5, 5.41) is 0. The highest BCUT2D eigenvalue weighted by Gasteiger charge is 2.40. The van der Waals surface area contributed by atoms with Crippen LogP contribution in [0.1, 0.15) is 20.8 Å². The first-order valence-electron chi connectivity index (χ1n) is 4.38. The van der Waals surface area contributed by atoms with Gasteiger partial charge in [0.25, 0.3) is 5.91 Å². The Kier molecular flexibility index (Phi) is 4.11. The number of halogens is 3. The molecule has 4 N–H and O–H groups in total. The van der Waals surface area contributed by atoms with Crippen LogP contribution in [0.15, 0.2) is 16.8 Å². The SMILES string of the molecule is CC(C)(C)N=C(C(=CN)C(N)=O)C(F)(F)F. The van der Waals surface area contributed by atoms with Gasteiger partial charge in [-0.05, 0) is 20.8 Å². The van der Waals surface area contributed by atoms with E-state index in [-0.39, 0.29) is 0 Å². The quantitative estimate of drug-likeness (QED) is 0.557. The second kappa shape index (κ2) is 4.54. The summed E-state index contributed by atoms with van der Waals surface area (Å²) in [5.41, 5.74) is 6.57. The van der Waals surface area contributed by atoms with Crippen LogP contribution < -0.4 is 11.5 Å². The average Bonchev–Trinajstić information content (AvgIpc) is 1.99. The standard InChI is InChI=1S/C9H14F3N3O/c1-8(2,3)15-6(9(10,11)12)5(4-13)7(14)16/h4H,13H2,1-3H3,(H2,14,16). The summed E-state index contributed by atoms with van der Waals surface area (Å²) in [6, 6.07) is 0. The van der Waals surface area contributed by atoms with Gasteiger partial charge >= 0.3 is 6.18 Å². The molecule has 16 heavy (non-hydrogen) atoms. The van der Waals surface area contributed by atoms with Crippen LogP contribution in [0.25, 0.3) is 0 Å². The Morgan fingerprint density at radius 1 is 1.25 bits per heavy atom. The molecular weight excluding hydrogens is 223 g/mol. The van der Waals surface area contributed by atoms with Gasteiger partial charge in [-0.25, -0.2) is 0 Å².